The number of carboxylic acid groups (broad SMARTS) is 1. The molecular formula is C10H11NO4. The minimum Gasteiger partial charge on any atom is -0.481 e. The van der Waals surface area contributed by atoms with Crippen molar-refractivity contribution >= 4 is 17.6 Å². The van der Waals surface area contributed by atoms with Crippen LogP contribution in [0.25, 0.3) is 0 Å². The molecular weight excluding hydrogens is 198 g/mol. The summed E-state index contributed by atoms with van der Waals surface area (Å²) in [7, 11) is 0. The highest BCUT2D eigenvalue weighted by Gasteiger charge is 2.09. The van der Waals surface area contributed by atoms with Crippen LogP contribution in [0.5, 0.6) is 5.75 Å². The lowest BCUT2D eigenvalue weighted by Crippen LogP contribution is -2.11. The van der Waals surface area contributed by atoms with E-state index in [1.165, 1.54) is 0 Å². The quantitative estimate of drug-likeness (QED) is 0.439. The second kappa shape index (κ2) is 4.99. The first-order valence-electron chi connectivity index (χ1n) is 4.36. The first-order valence-corrected chi connectivity index (χ1v) is 4.36. The molecule has 0 aliphatic rings. The third-order valence-corrected chi connectivity index (χ3v) is 1.69. The number of para-hydroxylation sites is 2. The lowest BCUT2D eigenvalue weighted by molar-refractivity contribution is -0.142. The number of carbonyl (C=O) groups excluding carboxylic acids is 1. The number of carboxylic acids is 1. The van der Waals surface area contributed by atoms with E-state index < -0.39 is 11.9 Å². The Morgan fingerprint density at radius 2 is 1.93 bits per heavy atom. The van der Waals surface area contributed by atoms with Gasteiger partial charge in [-0.15, -0.1) is 0 Å². The summed E-state index contributed by atoms with van der Waals surface area (Å²) in [6.45, 7) is 0. The van der Waals surface area contributed by atoms with E-state index >= 15 is 0 Å². The SMILES string of the molecule is Nc1ccccc1OC(=O)CCC(=O)O. The van der Waals surface area contributed by atoms with Gasteiger partial charge < -0.3 is 15.6 Å². The van der Waals surface area contributed by atoms with Crippen molar-refractivity contribution in [3.63, 3.8) is 0 Å². The van der Waals surface area contributed by atoms with E-state index in [4.69, 9.17) is 15.6 Å². The summed E-state index contributed by atoms with van der Waals surface area (Å²) in [6.07, 6.45) is -0.408. The number of nitrogen functional groups attached to an aromatic ring is 1. The van der Waals surface area contributed by atoms with Crippen LogP contribution in [0.2, 0.25) is 0 Å². The largest absolute Gasteiger partial charge is 0.481 e. The van der Waals surface area contributed by atoms with E-state index in [1.54, 1.807) is 24.3 Å². The van der Waals surface area contributed by atoms with Gasteiger partial charge in [-0.25, -0.2) is 0 Å². The Labute approximate surface area is 86.5 Å². The number of hydrogen-bond acceptors (Lipinski definition) is 4. The number of nitrogens with two attached hydrogens (primary N) is 1. The Bertz CT molecular complexity index is 375. The van der Waals surface area contributed by atoms with E-state index in [9.17, 15) is 9.59 Å². The minimum absolute atomic E-state index is 0.163. The number of esters is 1. The van der Waals surface area contributed by atoms with Crippen LogP contribution in [0.4, 0.5) is 5.69 Å². The van der Waals surface area contributed by atoms with Crippen LogP contribution in [0.15, 0.2) is 24.3 Å². The molecule has 0 spiro atoms. The lowest BCUT2D eigenvalue weighted by Gasteiger charge is -2.05. The van der Waals surface area contributed by atoms with Crippen LogP contribution in [-0.4, -0.2) is 17.0 Å². The first-order chi connectivity index (χ1) is 7.09. The van der Waals surface area contributed by atoms with Crippen molar-refractivity contribution in [2.45, 2.75) is 12.8 Å². The Hall–Kier alpha value is -2.04. The molecule has 0 amide bonds. The second-order valence-electron chi connectivity index (χ2n) is 2.91. The zero-order valence-corrected chi connectivity index (χ0v) is 7.97. The fourth-order valence-corrected chi connectivity index (χ4v) is 0.956. The summed E-state index contributed by atoms with van der Waals surface area (Å²) in [5.41, 5.74) is 5.88. The van der Waals surface area contributed by atoms with E-state index in [0.29, 0.717) is 5.69 Å². The molecule has 3 N–H and O–H groups in total. The lowest BCUT2D eigenvalue weighted by atomic mass is 10.3. The molecule has 1 aromatic carbocycles. The summed E-state index contributed by atoms with van der Waals surface area (Å²) in [5, 5.41) is 8.35. The molecule has 0 aliphatic heterocycles. The molecule has 1 aromatic rings. The van der Waals surface area contributed by atoms with E-state index in [1.807, 2.05) is 0 Å². The van der Waals surface area contributed by atoms with Crippen molar-refractivity contribution in [3.8, 4) is 5.75 Å². The number of anilines is 1. The summed E-state index contributed by atoms with van der Waals surface area (Å²) in [6, 6.07) is 6.54. The predicted molar refractivity (Wildman–Crippen MR) is 53.4 cm³/mol. The molecule has 0 fully saturated rings. The minimum atomic E-state index is -1.03. The molecule has 5 nitrogen and oxygen atoms in total. The number of ether oxygens (including phenoxy) is 1. The topological polar surface area (TPSA) is 89.6 Å². The molecule has 0 heterocycles. The van der Waals surface area contributed by atoms with Gasteiger partial charge in [0.1, 0.15) is 0 Å². The average Bonchev–Trinajstić information content (AvgIpc) is 2.18. The zero-order chi connectivity index (χ0) is 11.3. The molecule has 0 aliphatic carbocycles. The standard InChI is InChI=1S/C10H11NO4/c11-7-3-1-2-4-8(7)15-10(14)6-5-9(12)13/h1-4H,5-6,11H2,(H,12,13). The molecule has 0 unspecified atom stereocenters. The third-order valence-electron chi connectivity index (χ3n) is 1.69. The molecule has 5 heteroatoms. The molecule has 0 aromatic heterocycles. The van der Waals surface area contributed by atoms with Gasteiger partial charge in [-0.3, -0.25) is 9.59 Å². The number of carbonyl (C=O) groups is 2. The maximum absolute atomic E-state index is 11.1. The Balaban J connectivity index is 2.52. The van der Waals surface area contributed by atoms with Crippen molar-refractivity contribution in [3.05, 3.63) is 24.3 Å². The molecule has 0 atom stereocenters. The van der Waals surface area contributed by atoms with Crippen molar-refractivity contribution in [1.29, 1.82) is 0 Å². The fourth-order valence-electron chi connectivity index (χ4n) is 0.956. The van der Waals surface area contributed by atoms with Crippen molar-refractivity contribution in [1.82, 2.24) is 0 Å². The van der Waals surface area contributed by atoms with Crippen LogP contribution in [0.3, 0.4) is 0 Å². The Morgan fingerprint density at radius 3 is 2.53 bits per heavy atom. The molecule has 1 rings (SSSR count). The molecule has 0 bridgehead atoms. The van der Waals surface area contributed by atoms with Crippen molar-refractivity contribution in [2.24, 2.45) is 0 Å². The third kappa shape index (κ3) is 3.68. The van der Waals surface area contributed by atoms with Gasteiger partial charge in [0.2, 0.25) is 0 Å². The summed E-state index contributed by atoms with van der Waals surface area (Å²) in [4.78, 5) is 21.3. The van der Waals surface area contributed by atoms with Crippen LogP contribution < -0.4 is 10.5 Å². The van der Waals surface area contributed by atoms with Gasteiger partial charge in [-0.05, 0) is 12.1 Å². The van der Waals surface area contributed by atoms with Gasteiger partial charge in [-0.2, -0.15) is 0 Å². The maximum Gasteiger partial charge on any atom is 0.311 e. The van der Waals surface area contributed by atoms with Gasteiger partial charge >= 0.3 is 11.9 Å². The molecule has 80 valence electrons. The molecule has 15 heavy (non-hydrogen) atoms. The zero-order valence-electron chi connectivity index (χ0n) is 7.97. The normalized spacial score (nSPS) is 9.60. The van der Waals surface area contributed by atoms with Crippen LogP contribution in [0.1, 0.15) is 12.8 Å². The fraction of sp³-hybridized carbons (Fsp3) is 0.200. The van der Waals surface area contributed by atoms with Crippen LogP contribution in [-0.2, 0) is 9.59 Å². The second-order valence-corrected chi connectivity index (χ2v) is 2.91. The van der Waals surface area contributed by atoms with Gasteiger partial charge in [0.05, 0.1) is 18.5 Å². The Morgan fingerprint density at radius 1 is 1.27 bits per heavy atom. The molecule has 0 saturated heterocycles. The molecule has 0 saturated carbocycles. The van der Waals surface area contributed by atoms with Gasteiger partial charge in [0.15, 0.2) is 5.75 Å². The average molecular weight is 209 g/mol. The summed E-state index contributed by atoms with van der Waals surface area (Å²) >= 11 is 0. The highest BCUT2D eigenvalue weighted by Crippen LogP contribution is 2.20. The monoisotopic (exact) mass is 209 g/mol. The van der Waals surface area contributed by atoms with Crippen molar-refractivity contribution < 1.29 is 19.4 Å². The summed E-state index contributed by atoms with van der Waals surface area (Å²) in [5.74, 6) is -1.38. The highest BCUT2D eigenvalue weighted by atomic mass is 16.5. The van der Waals surface area contributed by atoms with Gasteiger partial charge in [-0.1, -0.05) is 12.1 Å². The smallest absolute Gasteiger partial charge is 0.311 e. The van der Waals surface area contributed by atoms with E-state index in [-0.39, 0.29) is 18.6 Å². The predicted octanol–water partition coefficient (Wildman–Crippen LogP) is 1.04. The van der Waals surface area contributed by atoms with E-state index in [0.717, 1.165) is 0 Å². The van der Waals surface area contributed by atoms with Crippen molar-refractivity contribution in [2.75, 3.05) is 5.73 Å². The number of rotatable bonds is 4. The number of benzene rings is 1. The molecule has 0 radical (unpaired) electrons. The first kappa shape index (κ1) is 11.0. The number of aliphatic carboxylic acids is 1. The maximum atomic E-state index is 11.1. The van der Waals surface area contributed by atoms with E-state index in [2.05, 4.69) is 0 Å². The highest BCUT2D eigenvalue weighted by molar-refractivity contribution is 5.79. The van der Waals surface area contributed by atoms with Gasteiger partial charge in [0, 0.05) is 0 Å². The number of hydrogen-bond donors (Lipinski definition) is 2. The van der Waals surface area contributed by atoms with Crippen LogP contribution >= 0.6 is 0 Å². The summed E-state index contributed by atoms with van der Waals surface area (Å²) < 4.78 is 4.87. The van der Waals surface area contributed by atoms with Crippen LogP contribution in [0, 0.1) is 0 Å². The Kier molecular flexibility index (Phi) is 3.68. The van der Waals surface area contributed by atoms with Gasteiger partial charge in [0.25, 0.3) is 0 Å².